The van der Waals surface area contributed by atoms with Gasteiger partial charge in [-0.1, -0.05) is 11.8 Å². The minimum atomic E-state index is 0.316. The summed E-state index contributed by atoms with van der Waals surface area (Å²) in [7, 11) is 0. The smallest absolute Gasteiger partial charge is 0.150 e. The molecule has 1 aromatic heterocycles. The Morgan fingerprint density at radius 1 is 1.73 bits per heavy atom. The molecule has 0 amide bonds. The van der Waals surface area contributed by atoms with Crippen LogP contribution in [0.3, 0.4) is 0 Å². The van der Waals surface area contributed by atoms with E-state index in [0.29, 0.717) is 11.3 Å². The van der Waals surface area contributed by atoms with Gasteiger partial charge in [0.1, 0.15) is 4.34 Å². The largest absolute Gasteiger partial charge is 0.388 e. The average molecular weight is 241 g/mol. The van der Waals surface area contributed by atoms with Crippen LogP contribution in [-0.2, 0) is 0 Å². The second kappa shape index (κ2) is 4.14. The molecule has 0 aliphatic heterocycles. The summed E-state index contributed by atoms with van der Waals surface area (Å²) in [6.07, 6.45) is 3.18. The first-order valence-electron chi connectivity index (χ1n) is 4.97. The van der Waals surface area contributed by atoms with Crippen LogP contribution in [0.4, 0.5) is 0 Å². The zero-order chi connectivity index (χ0) is 10.9. The summed E-state index contributed by atoms with van der Waals surface area (Å²) in [5.41, 5.74) is 6.86. The summed E-state index contributed by atoms with van der Waals surface area (Å²) in [6, 6.07) is 0. The number of rotatable bonds is 5. The summed E-state index contributed by atoms with van der Waals surface area (Å²) < 4.78 is 1.14. The molecular formula is C10H15N3S2. The number of thiazole rings is 1. The Hall–Kier alpha value is -0.550. The highest BCUT2D eigenvalue weighted by Crippen LogP contribution is 2.51. The summed E-state index contributed by atoms with van der Waals surface area (Å²) in [6.45, 7) is 2.02. The van der Waals surface area contributed by atoms with Crippen molar-refractivity contribution in [3.63, 3.8) is 0 Å². The fraction of sp³-hybridized carbons (Fsp3) is 0.600. The Kier molecular flexibility index (Phi) is 3.02. The molecule has 5 heteroatoms. The molecule has 1 aliphatic carbocycles. The van der Waals surface area contributed by atoms with Crippen molar-refractivity contribution in [3.05, 3.63) is 11.1 Å². The number of hydrogen-bond donors (Lipinski definition) is 2. The number of nitrogens with two attached hydrogens (primary N) is 1. The van der Waals surface area contributed by atoms with Crippen LogP contribution in [-0.4, -0.2) is 16.6 Å². The fourth-order valence-corrected chi connectivity index (χ4v) is 3.71. The number of aromatic nitrogens is 1. The Morgan fingerprint density at radius 2 is 2.47 bits per heavy atom. The van der Waals surface area contributed by atoms with Crippen molar-refractivity contribution in [2.24, 2.45) is 11.1 Å². The van der Waals surface area contributed by atoms with Crippen LogP contribution in [0.5, 0.6) is 0 Å². The molecule has 0 aromatic carbocycles. The van der Waals surface area contributed by atoms with Gasteiger partial charge in [-0.15, -0.1) is 11.3 Å². The lowest BCUT2D eigenvalue weighted by Crippen LogP contribution is -2.17. The van der Waals surface area contributed by atoms with Gasteiger partial charge < -0.3 is 5.73 Å². The van der Waals surface area contributed by atoms with E-state index in [9.17, 15) is 0 Å². The molecule has 0 radical (unpaired) electrons. The van der Waals surface area contributed by atoms with E-state index >= 15 is 0 Å². The van der Waals surface area contributed by atoms with Gasteiger partial charge in [0.2, 0.25) is 0 Å². The quantitative estimate of drug-likeness (QED) is 0.473. The van der Waals surface area contributed by atoms with Crippen LogP contribution < -0.4 is 5.73 Å². The van der Waals surface area contributed by atoms with E-state index in [1.807, 2.05) is 18.7 Å². The molecule has 15 heavy (non-hydrogen) atoms. The molecule has 3 N–H and O–H groups in total. The standard InChI is InChI=1S/C10H15N3S2/c1-7-5-14-9(13-7)15-6-10(2-3-10)4-8(11)12/h5H,2-4,6H2,1H3,(H3,11,12). The molecule has 82 valence electrons. The summed E-state index contributed by atoms with van der Waals surface area (Å²) in [4.78, 5) is 4.42. The topological polar surface area (TPSA) is 62.8 Å². The number of aryl methyl sites for hydroxylation is 1. The molecule has 0 spiro atoms. The second-order valence-corrected chi connectivity index (χ2v) is 6.33. The predicted octanol–water partition coefficient (Wildman–Crippen LogP) is 2.65. The minimum Gasteiger partial charge on any atom is -0.388 e. The lowest BCUT2D eigenvalue weighted by molar-refractivity contribution is 0.612. The highest BCUT2D eigenvalue weighted by Gasteiger charge is 2.42. The van der Waals surface area contributed by atoms with Crippen LogP contribution in [0, 0.1) is 17.7 Å². The van der Waals surface area contributed by atoms with E-state index in [-0.39, 0.29) is 0 Å². The van der Waals surface area contributed by atoms with Gasteiger partial charge in [0.05, 0.1) is 5.84 Å². The third-order valence-electron chi connectivity index (χ3n) is 2.62. The Balaban J connectivity index is 1.85. The highest BCUT2D eigenvalue weighted by atomic mass is 32.2. The molecule has 2 rings (SSSR count). The van der Waals surface area contributed by atoms with E-state index in [2.05, 4.69) is 10.4 Å². The first kappa shape index (κ1) is 11.0. The van der Waals surface area contributed by atoms with Crippen molar-refractivity contribution in [3.8, 4) is 0 Å². The molecule has 0 unspecified atom stereocenters. The molecule has 1 aromatic rings. The molecule has 1 fully saturated rings. The van der Waals surface area contributed by atoms with Gasteiger partial charge in [0, 0.05) is 23.2 Å². The predicted molar refractivity (Wildman–Crippen MR) is 65.8 cm³/mol. The zero-order valence-corrected chi connectivity index (χ0v) is 10.4. The molecule has 0 saturated heterocycles. The summed E-state index contributed by atoms with van der Waals surface area (Å²) in [5, 5.41) is 9.41. The van der Waals surface area contributed by atoms with Crippen LogP contribution in [0.1, 0.15) is 25.0 Å². The Bertz CT molecular complexity index is 368. The third kappa shape index (κ3) is 2.95. The molecule has 1 aliphatic rings. The van der Waals surface area contributed by atoms with Crippen molar-refractivity contribution < 1.29 is 0 Å². The summed E-state index contributed by atoms with van der Waals surface area (Å²) >= 11 is 3.51. The number of nitrogens with zero attached hydrogens (tertiary/aromatic N) is 1. The first-order chi connectivity index (χ1) is 7.10. The third-order valence-corrected chi connectivity index (χ3v) is 5.11. The summed E-state index contributed by atoms with van der Waals surface area (Å²) in [5.74, 6) is 1.38. The maximum Gasteiger partial charge on any atom is 0.150 e. The minimum absolute atomic E-state index is 0.316. The fourth-order valence-electron chi connectivity index (χ4n) is 1.57. The van der Waals surface area contributed by atoms with E-state index in [1.54, 1.807) is 11.3 Å². The van der Waals surface area contributed by atoms with Gasteiger partial charge in [-0.05, 0) is 25.2 Å². The lowest BCUT2D eigenvalue weighted by Gasteiger charge is -2.11. The van der Waals surface area contributed by atoms with Gasteiger partial charge in [-0.3, -0.25) is 5.41 Å². The number of hydrogen-bond acceptors (Lipinski definition) is 4. The average Bonchev–Trinajstić information content (AvgIpc) is 2.77. The van der Waals surface area contributed by atoms with Gasteiger partial charge in [0.15, 0.2) is 0 Å². The van der Waals surface area contributed by atoms with Crippen molar-refractivity contribution in [2.45, 2.75) is 30.5 Å². The maximum atomic E-state index is 7.33. The second-order valence-electron chi connectivity index (χ2n) is 4.25. The monoisotopic (exact) mass is 241 g/mol. The van der Waals surface area contributed by atoms with Crippen LogP contribution >= 0.6 is 23.1 Å². The van der Waals surface area contributed by atoms with E-state index in [0.717, 1.165) is 22.2 Å². The normalized spacial score (nSPS) is 17.7. The number of amidine groups is 1. The Labute approximate surface area is 98.0 Å². The van der Waals surface area contributed by atoms with E-state index in [4.69, 9.17) is 11.1 Å². The molecule has 1 heterocycles. The van der Waals surface area contributed by atoms with Crippen molar-refractivity contribution in [1.29, 1.82) is 5.41 Å². The SMILES string of the molecule is Cc1csc(SCC2(CC(=N)N)CC2)n1. The molecule has 0 atom stereocenters. The molecular weight excluding hydrogens is 226 g/mol. The van der Waals surface area contributed by atoms with Gasteiger partial charge in [-0.25, -0.2) is 4.98 Å². The van der Waals surface area contributed by atoms with Crippen LogP contribution in [0.15, 0.2) is 9.72 Å². The number of nitrogens with one attached hydrogen (secondary N) is 1. The van der Waals surface area contributed by atoms with Crippen molar-refractivity contribution >= 4 is 28.9 Å². The first-order valence-corrected chi connectivity index (χ1v) is 6.84. The molecule has 0 bridgehead atoms. The maximum absolute atomic E-state index is 7.33. The Morgan fingerprint density at radius 3 is 2.93 bits per heavy atom. The zero-order valence-electron chi connectivity index (χ0n) is 8.75. The van der Waals surface area contributed by atoms with E-state index < -0.39 is 0 Å². The van der Waals surface area contributed by atoms with Crippen molar-refractivity contribution in [1.82, 2.24) is 4.98 Å². The lowest BCUT2D eigenvalue weighted by atomic mass is 10.1. The van der Waals surface area contributed by atoms with Crippen molar-refractivity contribution in [2.75, 3.05) is 5.75 Å². The van der Waals surface area contributed by atoms with Gasteiger partial charge in [-0.2, -0.15) is 0 Å². The van der Waals surface area contributed by atoms with Gasteiger partial charge >= 0.3 is 0 Å². The highest BCUT2D eigenvalue weighted by molar-refractivity contribution is 8.01. The van der Waals surface area contributed by atoms with Crippen LogP contribution in [0.25, 0.3) is 0 Å². The van der Waals surface area contributed by atoms with E-state index in [1.165, 1.54) is 12.8 Å². The number of thioether (sulfide) groups is 1. The van der Waals surface area contributed by atoms with Gasteiger partial charge in [0.25, 0.3) is 0 Å². The molecule has 3 nitrogen and oxygen atoms in total. The van der Waals surface area contributed by atoms with Crippen LogP contribution in [0.2, 0.25) is 0 Å². The molecule has 1 saturated carbocycles.